The van der Waals surface area contributed by atoms with Gasteiger partial charge in [-0.05, 0) is 49.4 Å². The van der Waals surface area contributed by atoms with Crippen molar-refractivity contribution in [2.24, 2.45) is 0 Å². The van der Waals surface area contributed by atoms with E-state index in [2.05, 4.69) is 10.3 Å². The van der Waals surface area contributed by atoms with Crippen LogP contribution in [-0.2, 0) is 14.3 Å². The van der Waals surface area contributed by atoms with E-state index in [-0.39, 0.29) is 0 Å². The minimum absolute atomic E-state index is 0.401. The molecule has 0 spiro atoms. The molecule has 0 aliphatic heterocycles. The summed E-state index contributed by atoms with van der Waals surface area (Å²) in [7, 11) is 0. The number of ether oxygens (including phenoxy) is 1. The predicted octanol–water partition coefficient (Wildman–Crippen LogP) is 4.02. The summed E-state index contributed by atoms with van der Waals surface area (Å²) >= 11 is 1.45. The average molecular weight is 370 g/mol. The first-order valence-electron chi connectivity index (χ1n) is 7.82. The Kier molecular flexibility index (Phi) is 5.38. The van der Waals surface area contributed by atoms with Crippen LogP contribution in [0.4, 0.5) is 10.1 Å². The molecule has 1 amide bonds. The molecule has 2 aromatic carbocycles. The number of carbonyl (C=O) groups excluding carboxylic acids is 2. The molecule has 0 unspecified atom stereocenters. The van der Waals surface area contributed by atoms with Gasteiger partial charge in [0.05, 0.1) is 10.2 Å². The van der Waals surface area contributed by atoms with E-state index in [1.165, 1.54) is 48.6 Å². The van der Waals surface area contributed by atoms with Gasteiger partial charge < -0.3 is 10.1 Å². The number of rotatable bonds is 5. The maximum atomic E-state index is 12.9. The number of benzene rings is 2. The van der Waals surface area contributed by atoms with Crippen LogP contribution in [0, 0.1) is 5.82 Å². The molecule has 7 heteroatoms. The fourth-order valence-corrected chi connectivity index (χ4v) is 3.02. The van der Waals surface area contributed by atoms with Crippen molar-refractivity contribution in [1.82, 2.24) is 4.98 Å². The number of carbonyl (C=O) groups is 2. The van der Waals surface area contributed by atoms with Gasteiger partial charge in [0.1, 0.15) is 10.8 Å². The van der Waals surface area contributed by atoms with Gasteiger partial charge in [-0.25, -0.2) is 14.2 Å². The summed E-state index contributed by atoms with van der Waals surface area (Å²) in [4.78, 5) is 28.3. The van der Waals surface area contributed by atoms with Crippen LogP contribution in [0.1, 0.15) is 11.9 Å². The lowest BCUT2D eigenvalue weighted by atomic mass is 10.3. The molecule has 26 heavy (non-hydrogen) atoms. The number of amides is 1. The first kappa shape index (κ1) is 17.8. The smallest absolute Gasteiger partial charge is 0.331 e. The molecule has 1 atom stereocenters. The maximum absolute atomic E-state index is 12.9. The maximum Gasteiger partial charge on any atom is 0.331 e. The van der Waals surface area contributed by atoms with Gasteiger partial charge in [0.25, 0.3) is 5.91 Å². The van der Waals surface area contributed by atoms with Crippen LogP contribution in [0.3, 0.4) is 0 Å². The fraction of sp³-hybridized carbons (Fsp3) is 0.105. The fourth-order valence-electron chi connectivity index (χ4n) is 2.14. The van der Waals surface area contributed by atoms with Crippen LogP contribution in [0.15, 0.2) is 54.6 Å². The summed E-state index contributed by atoms with van der Waals surface area (Å²) in [6, 6.07) is 13.0. The first-order valence-corrected chi connectivity index (χ1v) is 8.63. The molecule has 0 saturated carbocycles. The third-order valence-electron chi connectivity index (χ3n) is 3.45. The van der Waals surface area contributed by atoms with Crippen molar-refractivity contribution in [2.45, 2.75) is 13.0 Å². The Morgan fingerprint density at radius 1 is 1.19 bits per heavy atom. The molecule has 0 saturated heterocycles. The monoisotopic (exact) mass is 370 g/mol. The van der Waals surface area contributed by atoms with E-state index in [4.69, 9.17) is 4.74 Å². The molecule has 1 aromatic heterocycles. The van der Waals surface area contributed by atoms with E-state index in [0.717, 1.165) is 10.2 Å². The summed E-state index contributed by atoms with van der Waals surface area (Å²) in [6.45, 7) is 1.46. The zero-order chi connectivity index (χ0) is 18.5. The molecule has 0 bridgehead atoms. The number of hydrogen-bond donors (Lipinski definition) is 1. The van der Waals surface area contributed by atoms with E-state index in [1.807, 2.05) is 24.3 Å². The highest BCUT2D eigenvalue weighted by atomic mass is 32.1. The third kappa shape index (κ3) is 4.52. The Labute approximate surface area is 153 Å². The van der Waals surface area contributed by atoms with E-state index < -0.39 is 23.8 Å². The molecular formula is C19H15FN2O3S. The number of hydrogen-bond acceptors (Lipinski definition) is 5. The van der Waals surface area contributed by atoms with Gasteiger partial charge in [0.2, 0.25) is 0 Å². The summed E-state index contributed by atoms with van der Waals surface area (Å²) in [5, 5.41) is 3.22. The molecule has 132 valence electrons. The predicted molar refractivity (Wildman–Crippen MR) is 99.2 cm³/mol. The zero-order valence-electron chi connectivity index (χ0n) is 13.8. The molecule has 0 fully saturated rings. The standard InChI is InChI=1S/C19H15FN2O3S/c1-12(19(24)21-14-8-6-13(20)7-9-14)25-18(23)11-10-17-22-15-4-2-3-5-16(15)26-17/h2-12H,1H3,(H,21,24)/b11-10+/t12-/m0/s1. The van der Waals surface area contributed by atoms with Gasteiger partial charge in [0.15, 0.2) is 6.10 Å². The van der Waals surface area contributed by atoms with Crippen LogP contribution < -0.4 is 5.32 Å². The van der Waals surface area contributed by atoms with Gasteiger partial charge in [-0.1, -0.05) is 12.1 Å². The second-order valence-electron chi connectivity index (χ2n) is 5.43. The lowest BCUT2D eigenvalue weighted by Crippen LogP contribution is -2.29. The second kappa shape index (κ2) is 7.88. The van der Waals surface area contributed by atoms with Gasteiger partial charge in [-0.2, -0.15) is 0 Å². The summed E-state index contributed by atoms with van der Waals surface area (Å²) in [5.41, 5.74) is 1.28. The number of aromatic nitrogens is 1. The number of para-hydroxylation sites is 1. The Balaban J connectivity index is 1.56. The van der Waals surface area contributed by atoms with Crippen molar-refractivity contribution in [1.29, 1.82) is 0 Å². The zero-order valence-corrected chi connectivity index (χ0v) is 14.6. The van der Waals surface area contributed by atoms with Crippen molar-refractivity contribution in [3.8, 4) is 0 Å². The molecule has 0 aliphatic carbocycles. The number of nitrogens with zero attached hydrogens (tertiary/aromatic N) is 1. The molecule has 1 heterocycles. The van der Waals surface area contributed by atoms with Gasteiger partial charge in [0, 0.05) is 11.8 Å². The van der Waals surface area contributed by atoms with Crippen molar-refractivity contribution in [2.75, 3.05) is 5.32 Å². The molecule has 0 aliphatic rings. The third-order valence-corrected chi connectivity index (χ3v) is 4.45. The largest absolute Gasteiger partial charge is 0.449 e. The minimum Gasteiger partial charge on any atom is -0.449 e. The Morgan fingerprint density at radius 2 is 1.92 bits per heavy atom. The van der Waals surface area contributed by atoms with Crippen molar-refractivity contribution < 1.29 is 18.7 Å². The first-order chi connectivity index (χ1) is 12.5. The normalized spacial score (nSPS) is 12.2. The van der Waals surface area contributed by atoms with Crippen LogP contribution in [0.2, 0.25) is 0 Å². The van der Waals surface area contributed by atoms with Gasteiger partial charge in [-0.15, -0.1) is 11.3 Å². The highest BCUT2D eigenvalue weighted by Gasteiger charge is 2.16. The molecule has 0 radical (unpaired) electrons. The van der Waals surface area contributed by atoms with Crippen LogP contribution in [0.5, 0.6) is 0 Å². The van der Waals surface area contributed by atoms with E-state index in [0.29, 0.717) is 10.7 Å². The summed E-state index contributed by atoms with van der Waals surface area (Å²) in [5.74, 6) is -1.55. The van der Waals surface area contributed by atoms with E-state index >= 15 is 0 Å². The van der Waals surface area contributed by atoms with E-state index in [1.54, 1.807) is 6.08 Å². The number of esters is 1. The van der Waals surface area contributed by atoms with Gasteiger partial charge >= 0.3 is 5.97 Å². The summed E-state index contributed by atoms with van der Waals surface area (Å²) in [6.07, 6.45) is 1.80. The number of fused-ring (bicyclic) bond motifs is 1. The molecule has 5 nitrogen and oxygen atoms in total. The quantitative estimate of drug-likeness (QED) is 0.544. The average Bonchev–Trinajstić information content (AvgIpc) is 3.05. The lowest BCUT2D eigenvalue weighted by molar-refractivity contribution is -0.148. The highest BCUT2D eigenvalue weighted by molar-refractivity contribution is 7.19. The number of anilines is 1. The van der Waals surface area contributed by atoms with Crippen LogP contribution in [-0.4, -0.2) is 23.0 Å². The molecular weight excluding hydrogens is 355 g/mol. The number of halogens is 1. The second-order valence-corrected chi connectivity index (χ2v) is 6.49. The highest BCUT2D eigenvalue weighted by Crippen LogP contribution is 2.22. The van der Waals surface area contributed by atoms with Crippen molar-refractivity contribution in [3.63, 3.8) is 0 Å². The molecule has 1 N–H and O–H groups in total. The van der Waals surface area contributed by atoms with E-state index in [9.17, 15) is 14.0 Å². The van der Waals surface area contributed by atoms with Crippen LogP contribution in [0.25, 0.3) is 16.3 Å². The number of thiazole rings is 1. The SMILES string of the molecule is C[C@H](OC(=O)/C=C/c1nc2ccccc2s1)C(=O)Nc1ccc(F)cc1. The minimum atomic E-state index is -0.993. The number of nitrogens with one attached hydrogen (secondary N) is 1. The lowest BCUT2D eigenvalue weighted by Gasteiger charge is -2.12. The topological polar surface area (TPSA) is 68.3 Å². The van der Waals surface area contributed by atoms with Crippen LogP contribution >= 0.6 is 11.3 Å². The Hall–Kier alpha value is -3.06. The van der Waals surface area contributed by atoms with Crippen molar-refractivity contribution >= 4 is 45.2 Å². The Morgan fingerprint density at radius 3 is 2.65 bits per heavy atom. The summed E-state index contributed by atoms with van der Waals surface area (Å²) < 4.78 is 18.9. The van der Waals surface area contributed by atoms with Gasteiger partial charge in [-0.3, -0.25) is 4.79 Å². The Bertz CT molecular complexity index is 933. The molecule has 3 rings (SSSR count). The van der Waals surface area contributed by atoms with Crippen molar-refractivity contribution in [3.05, 3.63) is 65.4 Å². The molecule has 3 aromatic rings.